The summed E-state index contributed by atoms with van der Waals surface area (Å²) in [5.74, 6) is 0.293. The van der Waals surface area contributed by atoms with Crippen molar-refractivity contribution < 1.29 is 4.92 Å². The summed E-state index contributed by atoms with van der Waals surface area (Å²) in [6.07, 6.45) is 6.75. The lowest BCUT2D eigenvalue weighted by atomic mass is 10.2. The Balaban J connectivity index is 2.01. The van der Waals surface area contributed by atoms with Gasteiger partial charge in [-0.2, -0.15) is 0 Å². The van der Waals surface area contributed by atoms with Gasteiger partial charge in [0.25, 0.3) is 11.2 Å². The van der Waals surface area contributed by atoms with E-state index in [0.717, 1.165) is 5.56 Å². The van der Waals surface area contributed by atoms with Gasteiger partial charge in [0, 0.05) is 18.5 Å². The first-order chi connectivity index (χ1) is 13.6. The van der Waals surface area contributed by atoms with E-state index in [1.807, 2.05) is 6.07 Å². The Morgan fingerprint density at radius 2 is 1.75 bits per heavy atom. The van der Waals surface area contributed by atoms with Crippen LogP contribution < -0.4 is 5.56 Å². The second-order valence-electron chi connectivity index (χ2n) is 5.99. The minimum absolute atomic E-state index is 0.168. The quantitative estimate of drug-likeness (QED) is 0.402. The van der Waals surface area contributed by atoms with Crippen molar-refractivity contribution in [3.8, 4) is 5.69 Å². The van der Waals surface area contributed by atoms with E-state index < -0.39 is 4.92 Å². The lowest BCUT2D eigenvalue weighted by Crippen LogP contribution is -2.23. The van der Waals surface area contributed by atoms with Gasteiger partial charge in [0.2, 0.25) is 0 Å². The fourth-order valence-corrected chi connectivity index (χ4v) is 2.95. The van der Waals surface area contributed by atoms with Crippen molar-refractivity contribution in [1.82, 2.24) is 14.5 Å². The standard InChI is InChI=1S/C21H14N4O3/c26-21-16-7-1-2-8-17(16)23-20(12-11-15-6-5-13-22-14-15)24(21)18-9-3-4-10-19(18)25(27)28/h1-14H. The van der Waals surface area contributed by atoms with Gasteiger partial charge < -0.3 is 0 Å². The van der Waals surface area contributed by atoms with E-state index in [2.05, 4.69) is 9.97 Å². The fourth-order valence-electron chi connectivity index (χ4n) is 2.95. The molecule has 0 bridgehead atoms. The molecule has 2 heterocycles. The molecule has 4 rings (SSSR count). The van der Waals surface area contributed by atoms with Crippen LogP contribution in [-0.4, -0.2) is 19.5 Å². The molecule has 0 atom stereocenters. The third-order valence-electron chi connectivity index (χ3n) is 4.23. The molecule has 0 saturated heterocycles. The maximum absolute atomic E-state index is 13.2. The van der Waals surface area contributed by atoms with Crippen molar-refractivity contribution in [2.75, 3.05) is 0 Å². The van der Waals surface area contributed by atoms with Crippen LogP contribution >= 0.6 is 0 Å². The zero-order valence-corrected chi connectivity index (χ0v) is 14.6. The first-order valence-corrected chi connectivity index (χ1v) is 8.49. The number of para-hydroxylation sites is 3. The summed E-state index contributed by atoms with van der Waals surface area (Å²) in [6.45, 7) is 0. The van der Waals surface area contributed by atoms with E-state index in [9.17, 15) is 14.9 Å². The van der Waals surface area contributed by atoms with Gasteiger partial charge in [-0.3, -0.25) is 24.5 Å². The van der Waals surface area contributed by atoms with Crippen LogP contribution in [0.3, 0.4) is 0 Å². The molecule has 0 aliphatic rings. The van der Waals surface area contributed by atoms with E-state index in [1.54, 1.807) is 67.0 Å². The third kappa shape index (κ3) is 3.16. The summed E-state index contributed by atoms with van der Waals surface area (Å²) in [7, 11) is 0. The lowest BCUT2D eigenvalue weighted by molar-refractivity contribution is -0.384. The number of fused-ring (bicyclic) bond motifs is 1. The van der Waals surface area contributed by atoms with Crippen molar-refractivity contribution >= 4 is 28.7 Å². The van der Waals surface area contributed by atoms with E-state index in [1.165, 1.54) is 16.7 Å². The van der Waals surface area contributed by atoms with Crippen LogP contribution in [-0.2, 0) is 0 Å². The summed E-state index contributed by atoms with van der Waals surface area (Å²) in [4.78, 5) is 32.8. The molecule has 2 aromatic heterocycles. The van der Waals surface area contributed by atoms with Crippen molar-refractivity contribution in [3.05, 3.63) is 105 Å². The average Bonchev–Trinajstić information content (AvgIpc) is 2.73. The van der Waals surface area contributed by atoms with Gasteiger partial charge >= 0.3 is 0 Å². The van der Waals surface area contributed by atoms with Crippen LogP contribution in [0, 0.1) is 10.1 Å². The van der Waals surface area contributed by atoms with Crippen LogP contribution in [0.2, 0.25) is 0 Å². The van der Waals surface area contributed by atoms with E-state index in [0.29, 0.717) is 16.7 Å². The summed E-state index contributed by atoms with van der Waals surface area (Å²) >= 11 is 0. The molecular weight excluding hydrogens is 356 g/mol. The third-order valence-corrected chi connectivity index (χ3v) is 4.23. The summed E-state index contributed by atoms with van der Waals surface area (Å²) in [6, 6.07) is 16.7. The summed E-state index contributed by atoms with van der Waals surface area (Å²) in [5, 5.41) is 11.9. The highest BCUT2D eigenvalue weighted by Gasteiger charge is 2.19. The molecule has 2 aromatic carbocycles. The van der Waals surface area contributed by atoms with E-state index >= 15 is 0 Å². The molecule has 0 fully saturated rings. The number of benzene rings is 2. The van der Waals surface area contributed by atoms with E-state index in [4.69, 9.17) is 0 Å². The number of aromatic nitrogens is 3. The SMILES string of the molecule is O=c1c2ccccc2nc(C=Cc2cccnc2)n1-c1ccccc1[N+](=O)[O-]. The van der Waals surface area contributed by atoms with Gasteiger partial charge in [-0.1, -0.05) is 30.3 Å². The fraction of sp³-hybridized carbons (Fsp3) is 0. The Bertz CT molecular complexity index is 1260. The molecule has 7 heteroatoms. The molecule has 4 aromatic rings. The Hall–Kier alpha value is -4.13. The number of nitrogens with zero attached hydrogens (tertiary/aromatic N) is 4. The predicted molar refractivity (Wildman–Crippen MR) is 107 cm³/mol. The summed E-state index contributed by atoms with van der Waals surface area (Å²) in [5.41, 5.74) is 0.970. The van der Waals surface area contributed by atoms with Gasteiger partial charge in [-0.25, -0.2) is 4.98 Å². The van der Waals surface area contributed by atoms with Gasteiger partial charge in [-0.15, -0.1) is 0 Å². The van der Waals surface area contributed by atoms with Gasteiger partial charge in [-0.05, 0) is 42.0 Å². The topological polar surface area (TPSA) is 90.9 Å². The smallest absolute Gasteiger partial charge is 0.268 e. The summed E-state index contributed by atoms with van der Waals surface area (Å²) < 4.78 is 1.27. The number of rotatable bonds is 4. The molecule has 0 aliphatic carbocycles. The van der Waals surface area contributed by atoms with Crippen LogP contribution in [0.15, 0.2) is 77.9 Å². The highest BCUT2D eigenvalue weighted by atomic mass is 16.6. The maximum atomic E-state index is 13.2. The molecule has 0 saturated carbocycles. The first-order valence-electron chi connectivity index (χ1n) is 8.49. The Morgan fingerprint density at radius 1 is 0.964 bits per heavy atom. The number of nitro groups is 1. The Labute approximate surface area is 159 Å². The number of hydrogen-bond donors (Lipinski definition) is 0. The van der Waals surface area contributed by atoms with Gasteiger partial charge in [0.1, 0.15) is 11.5 Å². The highest BCUT2D eigenvalue weighted by Crippen LogP contribution is 2.23. The van der Waals surface area contributed by atoms with Crippen molar-refractivity contribution in [1.29, 1.82) is 0 Å². The molecule has 0 aliphatic heterocycles. The van der Waals surface area contributed by atoms with Crippen molar-refractivity contribution in [2.24, 2.45) is 0 Å². The highest BCUT2D eigenvalue weighted by molar-refractivity contribution is 5.80. The van der Waals surface area contributed by atoms with Crippen LogP contribution in [0.5, 0.6) is 0 Å². The minimum Gasteiger partial charge on any atom is -0.268 e. The zero-order chi connectivity index (χ0) is 19.5. The van der Waals surface area contributed by atoms with Crippen LogP contribution in [0.1, 0.15) is 11.4 Å². The monoisotopic (exact) mass is 370 g/mol. The molecule has 136 valence electrons. The molecule has 28 heavy (non-hydrogen) atoms. The average molecular weight is 370 g/mol. The van der Waals surface area contributed by atoms with Gasteiger partial charge in [0.05, 0.1) is 15.8 Å². The van der Waals surface area contributed by atoms with Gasteiger partial charge in [0.15, 0.2) is 0 Å². The lowest BCUT2D eigenvalue weighted by Gasteiger charge is -2.11. The first kappa shape index (κ1) is 17.3. The minimum atomic E-state index is -0.508. The second kappa shape index (κ2) is 7.24. The Kier molecular flexibility index (Phi) is 4.47. The Morgan fingerprint density at radius 3 is 2.54 bits per heavy atom. The van der Waals surface area contributed by atoms with Crippen molar-refractivity contribution in [2.45, 2.75) is 0 Å². The zero-order valence-electron chi connectivity index (χ0n) is 14.6. The largest absolute Gasteiger partial charge is 0.293 e. The van der Waals surface area contributed by atoms with Crippen molar-refractivity contribution in [3.63, 3.8) is 0 Å². The molecule has 0 spiro atoms. The number of hydrogen-bond acceptors (Lipinski definition) is 5. The predicted octanol–water partition coefficient (Wildman–Crippen LogP) is 3.86. The number of nitro benzene ring substituents is 1. The van der Waals surface area contributed by atoms with Crippen LogP contribution in [0.25, 0.3) is 28.7 Å². The normalized spacial score (nSPS) is 11.1. The molecule has 0 unspecified atom stereocenters. The molecule has 0 N–H and O–H groups in total. The van der Waals surface area contributed by atoms with Crippen LogP contribution in [0.4, 0.5) is 5.69 Å². The van der Waals surface area contributed by atoms with E-state index in [-0.39, 0.29) is 16.9 Å². The second-order valence-corrected chi connectivity index (χ2v) is 5.99. The molecule has 7 nitrogen and oxygen atoms in total. The molecular formula is C21H14N4O3. The maximum Gasteiger partial charge on any atom is 0.293 e. The number of pyridine rings is 1. The molecule has 0 amide bonds. The molecule has 0 radical (unpaired) electrons.